The summed E-state index contributed by atoms with van der Waals surface area (Å²) in [5.74, 6) is -0.980. The average Bonchev–Trinajstić information content (AvgIpc) is 3.27. The Bertz CT molecular complexity index is 1200. The molecule has 8 nitrogen and oxygen atoms in total. The molecule has 2 aromatic carbocycles. The summed E-state index contributed by atoms with van der Waals surface area (Å²) < 4.78 is 1.46. The molecule has 1 aromatic heterocycles. The van der Waals surface area contributed by atoms with Crippen molar-refractivity contribution < 1.29 is 14.4 Å². The molecule has 0 radical (unpaired) electrons. The topological polar surface area (TPSA) is 96.3 Å². The molecule has 3 amide bonds. The summed E-state index contributed by atoms with van der Waals surface area (Å²) in [5, 5.41) is 10.1. The highest BCUT2D eigenvalue weighted by atomic mass is 16.2. The lowest BCUT2D eigenvalue weighted by Crippen LogP contribution is -2.62. The van der Waals surface area contributed by atoms with Gasteiger partial charge in [0.1, 0.15) is 11.2 Å². The van der Waals surface area contributed by atoms with Gasteiger partial charge in [-0.05, 0) is 31.4 Å². The summed E-state index contributed by atoms with van der Waals surface area (Å²) in [7, 11) is 1.60. The minimum absolute atomic E-state index is 0.155. The van der Waals surface area contributed by atoms with Crippen molar-refractivity contribution in [1.29, 1.82) is 0 Å². The van der Waals surface area contributed by atoms with Gasteiger partial charge in [0.15, 0.2) is 5.69 Å². The van der Waals surface area contributed by atoms with Crippen molar-refractivity contribution >= 4 is 17.7 Å². The molecule has 176 valence electrons. The fourth-order valence-electron chi connectivity index (χ4n) is 3.97. The van der Waals surface area contributed by atoms with Crippen LogP contribution in [0.1, 0.15) is 44.6 Å². The Morgan fingerprint density at radius 1 is 1.03 bits per heavy atom. The van der Waals surface area contributed by atoms with Crippen LogP contribution in [0.5, 0.6) is 0 Å². The van der Waals surface area contributed by atoms with Crippen LogP contribution in [0.3, 0.4) is 0 Å². The number of rotatable bonds is 7. The van der Waals surface area contributed by atoms with Crippen LogP contribution >= 0.6 is 0 Å². The van der Waals surface area contributed by atoms with Gasteiger partial charge in [-0.25, -0.2) is 0 Å². The minimum Gasteiger partial charge on any atom is -0.350 e. The van der Waals surface area contributed by atoms with Crippen LogP contribution in [0, 0.1) is 6.92 Å². The van der Waals surface area contributed by atoms with Crippen molar-refractivity contribution in [2.75, 3.05) is 13.6 Å². The zero-order chi connectivity index (χ0) is 24.3. The average molecular weight is 460 g/mol. The first-order valence-electron chi connectivity index (χ1n) is 11.3. The molecule has 2 N–H and O–H groups in total. The first kappa shape index (κ1) is 23.2. The van der Waals surface area contributed by atoms with Gasteiger partial charge in [0.2, 0.25) is 5.91 Å². The predicted octanol–water partition coefficient (Wildman–Crippen LogP) is 2.32. The maximum absolute atomic E-state index is 13.1. The van der Waals surface area contributed by atoms with E-state index in [9.17, 15) is 14.4 Å². The van der Waals surface area contributed by atoms with Crippen molar-refractivity contribution in [3.8, 4) is 0 Å². The molecule has 3 aromatic rings. The first-order chi connectivity index (χ1) is 16.3. The number of benzene rings is 2. The van der Waals surface area contributed by atoms with E-state index in [0.29, 0.717) is 25.2 Å². The molecular formula is C26H29N5O3. The summed E-state index contributed by atoms with van der Waals surface area (Å²) in [4.78, 5) is 40.2. The third-order valence-electron chi connectivity index (χ3n) is 6.34. The summed E-state index contributed by atoms with van der Waals surface area (Å²) in [6.07, 6.45) is 0.695. The third-order valence-corrected chi connectivity index (χ3v) is 6.34. The highest BCUT2D eigenvalue weighted by Gasteiger charge is 2.46. The number of hydrogen-bond acceptors (Lipinski definition) is 4. The maximum atomic E-state index is 13.1. The summed E-state index contributed by atoms with van der Waals surface area (Å²) >= 11 is 0. The number of fused-ring (bicyclic) bond motifs is 1. The Balaban J connectivity index is 1.42. The van der Waals surface area contributed by atoms with E-state index in [1.54, 1.807) is 14.0 Å². The Labute approximate surface area is 199 Å². The molecular weight excluding hydrogens is 430 g/mol. The predicted molar refractivity (Wildman–Crippen MR) is 128 cm³/mol. The number of carbonyl (C=O) groups is 3. The fraction of sp³-hybridized carbons (Fsp3) is 0.308. The smallest absolute Gasteiger partial charge is 0.272 e. The fourth-order valence-corrected chi connectivity index (χ4v) is 3.97. The van der Waals surface area contributed by atoms with Crippen molar-refractivity contribution in [1.82, 2.24) is 25.3 Å². The van der Waals surface area contributed by atoms with E-state index in [1.807, 2.05) is 61.5 Å². The van der Waals surface area contributed by atoms with E-state index < -0.39 is 5.54 Å². The molecule has 4 rings (SSSR count). The Kier molecular flexibility index (Phi) is 6.49. The second-order valence-electron chi connectivity index (χ2n) is 8.87. The molecule has 1 aliphatic heterocycles. The standard InChI is InChI=1S/C26H29N5O3/c1-18-9-11-19(12-10-18)13-14-27-23(32)21-15-22-24(33)30(3)26(2,17-31(22)29-21)25(34)28-16-20-7-5-4-6-8-20/h4-12,15H,13-14,16-17H2,1-3H3,(H,27,32)(H,28,34)/t26-/m1/s1. The number of nitrogens with one attached hydrogen (secondary N) is 2. The molecule has 2 heterocycles. The highest BCUT2D eigenvalue weighted by Crippen LogP contribution is 2.26. The van der Waals surface area contributed by atoms with Crippen molar-refractivity contribution in [2.45, 2.75) is 38.9 Å². The van der Waals surface area contributed by atoms with Gasteiger partial charge in [-0.3, -0.25) is 19.1 Å². The molecule has 0 bridgehead atoms. The van der Waals surface area contributed by atoms with E-state index in [0.717, 1.165) is 11.1 Å². The van der Waals surface area contributed by atoms with Gasteiger partial charge in [0.25, 0.3) is 11.8 Å². The van der Waals surface area contributed by atoms with Crippen LogP contribution in [-0.2, 0) is 24.3 Å². The largest absolute Gasteiger partial charge is 0.350 e. The SMILES string of the molecule is Cc1ccc(CCNC(=O)c2cc3n(n2)C[C@](C)(C(=O)NCc2ccccc2)N(C)C3=O)cc1. The van der Waals surface area contributed by atoms with Gasteiger partial charge < -0.3 is 15.5 Å². The Morgan fingerprint density at radius 2 is 1.74 bits per heavy atom. The summed E-state index contributed by atoms with van der Waals surface area (Å²) in [6.45, 7) is 4.71. The number of hydrogen-bond donors (Lipinski definition) is 2. The minimum atomic E-state index is -1.13. The van der Waals surface area contributed by atoms with E-state index in [-0.39, 0.29) is 30.0 Å². The van der Waals surface area contributed by atoms with Crippen LogP contribution in [0.15, 0.2) is 60.7 Å². The molecule has 1 aliphatic rings. The number of nitrogens with zero attached hydrogens (tertiary/aromatic N) is 3. The van der Waals surface area contributed by atoms with E-state index >= 15 is 0 Å². The van der Waals surface area contributed by atoms with Crippen LogP contribution in [0.25, 0.3) is 0 Å². The number of aromatic nitrogens is 2. The molecule has 0 spiro atoms. The number of amides is 3. The normalized spacial score (nSPS) is 17.3. The van der Waals surface area contributed by atoms with Gasteiger partial charge in [0.05, 0.1) is 6.54 Å². The van der Waals surface area contributed by atoms with E-state index in [1.165, 1.54) is 21.2 Å². The monoisotopic (exact) mass is 459 g/mol. The molecule has 0 aliphatic carbocycles. The second-order valence-corrected chi connectivity index (χ2v) is 8.87. The Hall–Kier alpha value is -3.94. The maximum Gasteiger partial charge on any atom is 0.272 e. The zero-order valence-electron chi connectivity index (χ0n) is 19.7. The second kappa shape index (κ2) is 9.51. The summed E-state index contributed by atoms with van der Waals surface area (Å²) in [6, 6.07) is 19.2. The lowest BCUT2D eigenvalue weighted by Gasteiger charge is -2.40. The summed E-state index contributed by atoms with van der Waals surface area (Å²) in [5.41, 5.74) is 2.60. The zero-order valence-corrected chi connectivity index (χ0v) is 19.7. The van der Waals surface area contributed by atoms with Crippen LogP contribution in [0.2, 0.25) is 0 Å². The molecule has 1 atom stereocenters. The molecule has 0 saturated heterocycles. The number of likely N-dealkylation sites (N-methyl/N-ethyl adjacent to an activating group) is 1. The molecule has 0 saturated carbocycles. The van der Waals surface area contributed by atoms with Crippen LogP contribution in [0.4, 0.5) is 0 Å². The molecule has 0 unspecified atom stereocenters. The van der Waals surface area contributed by atoms with E-state index in [2.05, 4.69) is 15.7 Å². The van der Waals surface area contributed by atoms with Gasteiger partial charge in [-0.1, -0.05) is 60.2 Å². The first-order valence-corrected chi connectivity index (χ1v) is 11.3. The van der Waals surface area contributed by atoms with Gasteiger partial charge in [0, 0.05) is 26.2 Å². The quantitative estimate of drug-likeness (QED) is 0.567. The molecule has 8 heteroatoms. The van der Waals surface area contributed by atoms with Gasteiger partial charge in [-0.15, -0.1) is 0 Å². The van der Waals surface area contributed by atoms with Crippen LogP contribution in [-0.4, -0.2) is 51.5 Å². The number of carbonyl (C=O) groups excluding carboxylic acids is 3. The Morgan fingerprint density at radius 3 is 2.44 bits per heavy atom. The van der Waals surface area contributed by atoms with Crippen molar-refractivity contribution in [3.05, 3.63) is 88.7 Å². The number of aryl methyl sites for hydroxylation is 1. The third kappa shape index (κ3) is 4.71. The lowest BCUT2D eigenvalue weighted by atomic mass is 9.96. The highest BCUT2D eigenvalue weighted by molar-refractivity contribution is 6.01. The van der Waals surface area contributed by atoms with Crippen molar-refractivity contribution in [3.63, 3.8) is 0 Å². The van der Waals surface area contributed by atoms with Gasteiger partial charge in [-0.2, -0.15) is 5.10 Å². The van der Waals surface area contributed by atoms with Crippen molar-refractivity contribution in [2.24, 2.45) is 0 Å². The van der Waals surface area contributed by atoms with Crippen LogP contribution < -0.4 is 10.6 Å². The van der Waals surface area contributed by atoms with E-state index in [4.69, 9.17) is 0 Å². The van der Waals surface area contributed by atoms with Gasteiger partial charge >= 0.3 is 0 Å². The molecule has 34 heavy (non-hydrogen) atoms. The lowest BCUT2D eigenvalue weighted by molar-refractivity contribution is -0.132. The molecule has 0 fully saturated rings.